The number of rotatable bonds is 4. The molecule has 0 amide bonds. The number of nitrogens with two attached hydrogens (primary N) is 1. The molecule has 11 heteroatoms. The Morgan fingerprint density at radius 1 is 0.696 bits per heavy atom. The van der Waals surface area contributed by atoms with E-state index < -0.39 is 74.6 Å². The lowest BCUT2D eigenvalue weighted by Gasteiger charge is -2.45. The number of hydrogen-bond donors (Lipinski definition) is 8. The third-order valence-corrected chi connectivity index (χ3v) is 4.05. The van der Waals surface area contributed by atoms with E-state index in [2.05, 4.69) is 0 Å². The molecule has 9 N–H and O–H groups in total. The average molecular weight is 341 g/mol. The monoisotopic (exact) mass is 341 g/mol. The molecule has 136 valence electrons. The first kappa shape index (κ1) is 18.9. The number of ether oxygens (including phenoxy) is 3. The van der Waals surface area contributed by atoms with Gasteiger partial charge in [-0.25, -0.2) is 0 Å². The van der Waals surface area contributed by atoms with Crippen molar-refractivity contribution < 1.29 is 50.0 Å². The first-order valence-corrected chi connectivity index (χ1v) is 7.15. The van der Waals surface area contributed by atoms with E-state index in [9.17, 15) is 25.5 Å². The zero-order valence-corrected chi connectivity index (χ0v) is 12.1. The van der Waals surface area contributed by atoms with Gasteiger partial charge in [0.2, 0.25) is 0 Å². The molecule has 0 saturated carbocycles. The van der Waals surface area contributed by atoms with E-state index in [1.807, 2.05) is 0 Å². The molecule has 0 aliphatic carbocycles. The van der Waals surface area contributed by atoms with Gasteiger partial charge in [0.15, 0.2) is 12.6 Å². The Kier molecular flexibility index (Phi) is 6.27. The summed E-state index contributed by atoms with van der Waals surface area (Å²) in [6.45, 7) is -1.25. The van der Waals surface area contributed by atoms with Crippen LogP contribution in [0.3, 0.4) is 0 Å². The van der Waals surface area contributed by atoms with E-state index in [0.717, 1.165) is 0 Å². The molecule has 0 radical (unpaired) electrons. The lowest BCUT2D eigenvalue weighted by atomic mass is 9.97. The lowest BCUT2D eigenvalue weighted by Crippen LogP contribution is -2.65. The molecule has 2 heterocycles. The fourth-order valence-electron chi connectivity index (χ4n) is 2.54. The topological polar surface area (TPSA) is 195 Å². The lowest BCUT2D eigenvalue weighted by molar-refractivity contribution is -0.361. The van der Waals surface area contributed by atoms with Gasteiger partial charge < -0.3 is 55.7 Å². The minimum absolute atomic E-state index is 0.612. The van der Waals surface area contributed by atoms with Crippen molar-refractivity contribution >= 4 is 0 Å². The smallest absolute Gasteiger partial charge is 0.189 e. The van der Waals surface area contributed by atoms with Gasteiger partial charge in [0, 0.05) is 0 Å². The Morgan fingerprint density at radius 3 is 1.70 bits per heavy atom. The molecule has 0 aromatic carbocycles. The van der Waals surface area contributed by atoms with Gasteiger partial charge in [0.05, 0.1) is 19.3 Å². The highest BCUT2D eigenvalue weighted by Gasteiger charge is 2.48. The molecule has 0 bridgehead atoms. The molecule has 10 atom stereocenters. The fraction of sp³-hybridized carbons (Fsp3) is 1.00. The van der Waals surface area contributed by atoms with Crippen LogP contribution in [-0.4, -0.2) is 110 Å². The maximum Gasteiger partial charge on any atom is 0.189 e. The Balaban J connectivity index is 2.07. The Morgan fingerprint density at radius 2 is 1.17 bits per heavy atom. The molecule has 2 saturated heterocycles. The summed E-state index contributed by atoms with van der Waals surface area (Å²) in [5, 5.41) is 67.0. The Hall–Kier alpha value is -0.440. The quantitative estimate of drug-likeness (QED) is 0.243. The molecule has 2 aliphatic heterocycles. The summed E-state index contributed by atoms with van der Waals surface area (Å²) in [4.78, 5) is 0. The summed E-state index contributed by atoms with van der Waals surface area (Å²) in [6.07, 6.45) is -13.0. The second-order valence-electron chi connectivity index (χ2n) is 5.62. The van der Waals surface area contributed by atoms with Crippen molar-refractivity contribution in [2.45, 2.75) is 61.3 Å². The molecule has 0 unspecified atom stereocenters. The molecule has 11 nitrogen and oxygen atoms in total. The van der Waals surface area contributed by atoms with Crippen LogP contribution >= 0.6 is 0 Å². The van der Waals surface area contributed by atoms with Crippen molar-refractivity contribution in [1.29, 1.82) is 0 Å². The molecule has 0 aromatic rings. The zero-order valence-electron chi connectivity index (χ0n) is 12.1. The van der Waals surface area contributed by atoms with Crippen LogP contribution in [0.5, 0.6) is 0 Å². The summed E-state index contributed by atoms with van der Waals surface area (Å²) in [6, 6.07) is -1.22. The van der Waals surface area contributed by atoms with Crippen LogP contribution in [0.4, 0.5) is 0 Å². The van der Waals surface area contributed by atoms with E-state index in [-0.39, 0.29) is 0 Å². The van der Waals surface area contributed by atoms with Gasteiger partial charge >= 0.3 is 0 Å². The number of hydrogen-bond acceptors (Lipinski definition) is 11. The zero-order chi connectivity index (χ0) is 17.3. The van der Waals surface area contributed by atoms with Crippen molar-refractivity contribution in [1.82, 2.24) is 0 Å². The predicted octanol–water partition coefficient (Wildman–Crippen LogP) is -5.43. The van der Waals surface area contributed by atoms with E-state index >= 15 is 0 Å². The minimum Gasteiger partial charge on any atom is -0.394 e. The SMILES string of the molecule is N[C@H]1[C@H](O[C@H]2O[C@H](CO)[C@@H](O)[C@H](O)[C@H]2O)O[C@H](CO)[C@@H](O)[C@@H]1O. The second kappa shape index (κ2) is 7.63. The maximum absolute atomic E-state index is 9.88. The van der Waals surface area contributed by atoms with Gasteiger partial charge in [-0.2, -0.15) is 0 Å². The van der Waals surface area contributed by atoms with Gasteiger partial charge in [0.25, 0.3) is 0 Å². The Labute approximate surface area is 131 Å². The highest BCUT2D eigenvalue weighted by Crippen LogP contribution is 2.27. The first-order chi connectivity index (χ1) is 10.8. The van der Waals surface area contributed by atoms with Crippen molar-refractivity contribution in [2.24, 2.45) is 5.73 Å². The van der Waals surface area contributed by atoms with Crippen molar-refractivity contribution in [3.63, 3.8) is 0 Å². The average Bonchev–Trinajstić information content (AvgIpc) is 2.55. The molecule has 23 heavy (non-hydrogen) atoms. The van der Waals surface area contributed by atoms with Crippen LogP contribution < -0.4 is 5.73 Å². The molecule has 2 rings (SSSR count). The third kappa shape index (κ3) is 3.65. The minimum atomic E-state index is -1.67. The normalized spacial score (nSPS) is 51.7. The molecule has 2 aliphatic rings. The van der Waals surface area contributed by atoms with Gasteiger partial charge in [-0.3, -0.25) is 0 Å². The standard InChI is InChI=1S/C12H23NO10/c13-5-8(18)6(16)3(1-14)21-11(5)23-12-10(20)9(19)7(17)4(2-15)22-12/h3-12,14-20H,1-2,13H2/t3-,4-,5-,6-,7-,8-,9+,10-,11+,12-/m1/s1. The summed E-state index contributed by atoms with van der Waals surface area (Å²) >= 11 is 0. The number of aliphatic hydroxyl groups excluding tert-OH is 7. The molecular weight excluding hydrogens is 318 g/mol. The summed E-state index contributed by atoms with van der Waals surface area (Å²) in [5.41, 5.74) is 5.68. The first-order valence-electron chi connectivity index (χ1n) is 7.15. The third-order valence-electron chi connectivity index (χ3n) is 4.05. The van der Waals surface area contributed by atoms with Crippen LogP contribution in [0.1, 0.15) is 0 Å². The van der Waals surface area contributed by atoms with Gasteiger partial charge in [0.1, 0.15) is 42.7 Å². The molecular formula is C12H23NO10. The largest absolute Gasteiger partial charge is 0.394 e. The van der Waals surface area contributed by atoms with Crippen LogP contribution in [0, 0.1) is 0 Å². The van der Waals surface area contributed by atoms with Crippen LogP contribution in [0.2, 0.25) is 0 Å². The van der Waals surface area contributed by atoms with Crippen molar-refractivity contribution in [3.05, 3.63) is 0 Å². The molecule has 2 fully saturated rings. The van der Waals surface area contributed by atoms with E-state index in [0.29, 0.717) is 0 Å². The summed E-state index contributed by atoms with van der Waals surface area (Å²) in [5.74, 6) is 0. The highest BCUT2D eigenvalue weighted by molar-refractivity contribution is 4.93. The predicted molar refractivity (Wildman–Crippen MR) is 70.6 cm³/mol. The van der Waals surface area contributed by atoms with E-state index in [1.54, 1.807) is 0 Å². The summed E-state index contributed by atoms with van der Waals surface area (Å²) in [7, 11) is 0. The van der Waals surface area contributed by atoms with Gasteiger partial charge in [-0.15, -0.1) is 0 Å². The van der Waals surface area contributed by atoms with Gasteiger partial charge in [-0.05, 0) is 0 Å². The van der Waals surface area contributed by atoms with Crippen LogP contribution in [-0.2, 0) is 14.2 Å². The molecule has 0 aromatic heterocycles. The van der Waals surface area contributed by atoms with E-state index in [1.165, 1.54) is 0 Å². The Bertz CT molecular complexity index is 349. The molecule has 0 spiro atoms. The van der Waals surface area contributed by atoms with Gasteiger partial charge in [-0.1, -0.05) is 0 Å². The van der Waals surface area contributed by atoms with E-state index in [4.69, 9.17) is 30.2 Å². The highest BCUT2D eigenvalue weighted by atomic mass is 16.8. The number of aliphatic hydroxyl groups is 7. The van der Waals surface area contributed by atoms with Crippen LogP contribution in [0.15, 0.2) is 0 Å². The van der Waals surface area contributed by atoms with Crippen molar-refractivity contribution in [2.75, 3.05) is 13.2 Å². The van der Waals surface area contributed by atoms with Crippen LogP contribution in [0.25, 0.3) is 0 Å². The van der Waals surface area contributed by atoms with Crippen molar-refractivity contribution in [3.8, 4) is 0 Å². The summed E-state index contributed by atoms with van der Waals surface area (Å²) < 4.78 is 15.6. The second-order valence-corrected chi connectivity index (χ2v) is 5.62. The maximum atomic E-state index is 9.88. The fourth-order valence-corrected chi connectivity index (χ4v) is 2.54.